The molecule has 0 atom stereocenters. The molecule has 4 nitrogen and oxygen atoms in total. The first-order valence-corrected chi connectivity index (χ1v) is 15.6. The number of halogens is 1. The van der Waals surface area contributed by atoms with Crippen LogP contribution in [0, 0.1) is 6.92 Å². The zero-order valence-corrected chi connectivity index (χ0v) is 24.7. The topological polar surface area (TPSA) is 42.2 Å². The Hall–Kier alpha value is -2.37. The van der Waals surface area contributed by atoms with Gasteiger partial charge < -0.3 is 10.1 Å². The van der Waals surface area contributed by atoms with E-state index in [1.54, 1.807) is 29.5 Å². The van der Waals surface area contributed by atoms with E-state index >= 15 is 0 Å². The van der Waals surface area contributed by atoms with Crippen LogP contribution in [0.25, 0.3) is 0 Å². The fraction of sp³-hybridized carbons (Fsp3) is 0.500. The normalized spacial score (nSPS) is 11.0. The van der Waals surface area contributed by atoms with Gasteiger partial charge in [-0.1, -0.05) is 119 Å². The van der Waals surface area contributed by atoms with E-state index in [1.807, 2.05) is 18.2 Å². The van der Waals surface area contributed by atoms with Gasteiger partial charge in [0.05, 0.1) is 22.6 Å². The molecule has 0 unspecified atom stereocenters. The van der Waals surface area contributed by atoms with Gasteiger partial charge in [-0.3, -0.25) is 4.79 Å². The SMILES string of the molecule is CCCCCCCCCCCCCCOc1c(Cl)cccc1C(=O)Nc1cccc(C[n+]2cscc2C)c1. The summed E-state index contributed by atoms with van der Waals surface area (Å²) in [5.41, 5.74) is 5.67. The molecule has 2 aromatic carbocycles. The molecule has 0 fully saturated rings. The quantitative estimate of drug-likeness (QED) is 0.125. The molecule has 0 saturated heterocycles. The van der Waals surface area contributed by atoms with Crippen molar-refractivity contribution >= 4 is 34.5 Å². The van der Waals surface area contributed by atoms with E-state index in [2.05, 4.69) is 40.7 Å². The van der Waals surface area contributed by atoms with E-state index < -0.39 is 0 Å². The summed E-state index contributed by atoms with van der Waals surface area (Å²) < 4.78 is 8.23. The molecule has 3 aromatic rings. The van der Waals surface area contributed by atoms with Gasteiger partial charge in [0.1, 0.15) is 0 Å². The summed E-state index contributed by atoms with van der Waals surface area (Å²) in [6.07, 6.45) is 15.6. The molecular weight excluding hydrogens is 512 g/mol. The van der Waals surface area contributed by atoms with Crippen LogP contribution in [0.15, 0.2) is 53.4 Å². The zero-order chi connectivity index (χ0) is 27.0. The van der Waals surface area contributed by atoms with Crippen LogP contribution in [0.5, 0.6) is 5.75 Å². The van der Waals surface area contributed by atoms with Crippen LogP contribution in [0.1, 0.15) is 106 Å². The lowest BCUT2D eigenvalue weighted by Gasteiger charge is -2.13. The van der Waals surface area contributed by atoms with Gasteiger partial charge in [-0.15, -0.1) is 0 Å². The summed E-state index contributed by atoms with van der Waals surface area (Å²) in [6, 6.07) is 13.3. The Morgan fingerprint density at radius 3 is 2.24 bits per heavy atom. The highest BCUT2D eigenvalue weighted by atomic mass is 35.5. The van der Waals surface area contributed by atoms with Crippen LogP contribution in [0.4, 0.5) is 5.69 Å². The van der Waals surface area contributed by atoms with E-state index in [0.717, 1.165) is 30.6 Å². The molecule has 1 heterocycles. The predicted octanol–water partition coefficient (Wildman–Crippen LogP) is 9.38. The molecule has 0 aliphatic carbocycles. The Balaban J connectivity index is 1.41. The van der Waals surface area contributed by atoms with Gasteiger partial charge in [0.2, 0.25) is 5.51 Å². The van der Waals surface area contributed by atoms with Crippen molar-refractivity contribution in [3.05, 3.63) is 75.2 Å². The van der Waals surface area contributed by atoms with Crippen molar-refractivity contribution in [3.8, 4) is 5.75 Å². The molecule has 0 aliphatic heterocycles. The second-order valence-corrected chi connectivity index (χ2v) is 11.3. The van der Waals surface area contributed by atoms with Gasteiger partial charge in [-0.05, 0) is 30.7 Å². The van der Waals surface area contributed by atoms with Crippen LogP contribution in [-0.4, -0.2) is 12.5 Å². The Kier molecular flexibility index (Phi) is 13.7. The number of aromatic nitrogens is 1. The molecule has 6 heteroatoms. The van der Waals surface area contributed by atoms with Gasteiger partial charge in [0.15, 0.2) is 18.0 Å². The van der Waals surface area contributed by atoms with Crippen LogP contribution < -0.4 is 14.6 Å². The average molecular weight is 556 g/mol. The first kappa shape index (κ1) is 30.2. The number of rotatable bonds is 18. The number of carbonyl (C=O) groups excluding carboxylic acids is 1. The number of nitrogens with zero attached hydrogens (tertiary/aromatic N) is 1. The highest BCUT2D eigenvalue weighted by Crippen LogP contribution is 2.30. The number of hydrogen-bond donors (Lipinski definition) is 1. The van der Waals surface area contributed by atoms with Crippen molar-refractivity contribution in [2.24, 2.45) is 0 Å². The molecule has 1 aromatic heterocycles. The lowest BCUT2D eigenvalue weighted by Crippen LogP contribution is -2.34. The highest BCUT2D eigenvalue weighted by Gasteiger charge is 2.17. The first-order chi connectivity index (χ1) is 18.6. The van der Waals surface area contributed by atoms with Gasteiger partial charge in [-0.25, -0.2) is 0 Å². The van der Waals surface area contributed by atoms with Crippen LogP contribution in [-0.2, 0) is 6.54 Å². The van der Waals surface area contributed by atoms with Crippen molar-refractivity contribution in [1.82, 2.24) is 0 Å². The number of amides is 1. The van der Waals surface area contributed by atoms with Crippen LogP contribution >= 0.6 is 22.9 Å². The van der Waals surface area contributed by atoms with Gasteiger partial charge in [-0.2, -0.15) is 4.57 Å². The van der Waals surface area contributed by atoms with Crippen molar-refractivity contribution in [2.75, 3.05) is 11.9 Å². The molecular formula is C32H44ClN2O2S+. The minimum atomic E-state index is -0.214. The molecule has 0 saturated carbocycles. The molecule has 0 aliphatic rings. The van der Waals surface area contributed by atoms with Crippen molar-refractivity contribution in [2.45, 2.75) is 97.4 Å². The maximum atomic E-state index is 13.2. The lowest BCUT2D eigenvalue weighted by molar-refractivity contribution is -0.689. The number of ether oxygens (including phenoxy) is 1. The van der Waals surface area contributed by atoms with E-state index in [1.165, 1.54) is 69.9 Å². The molecule has 206 valence electrons. The van der Waals surface area contributed by atoms with Crippen molar-refractivity contribution in [3.63, 3.8) is 0 Å². The first-order valence-electron chi connectivity index (χ1n) is 14.3. The Morgan fingerprint density at radius 1 is 0.921 bits per heavy atom. The van der Waals surface area contributed by atoms with Gasteiger partial charge in [0.25, 0.3) is 5.91 Å². The summed E-state index contributed by atoms with van der Waals surface area (Å²) in [7, 11) is 0. The molecule has 0 bridgehead atoms. The number of aryl methyl sites for hydroxylation is 1. The third kappa shape index (κ3) is 10.4. The van der Waals surface area contributed by atoms with Gasteiger partial charge >= 0.3 is 0 Å². The second-order valence-electron chi connectivity index (χ2n) is 10.1. The maximum Gasteiger partial charge on any atom is 0.259 e. The number of unbranched alkanes of at least 4 members (excludes halogenated alkanes) is 11. The number of para-hydroxylation sites is 1. The number of benzene rings is 2. The standard InChI is InChI=1S/C32H43ClN2O2S/c1-3-4-5-6-7-8-9-10-11-12-13-14-21-37-31-29(19-16-20-30(31)33)32(36)34-28-18-15-17-27(22-28)23-35-25-38-24-26(35)2/h15-20,22,24-25H,3-14,21,23H2,1-2H3/p+1. The van der Waals surface area contributed by atoms with E-state index in [9.17, 15) is 4.79 Å². The van der Waals surface area contributed by atoms with E-state index in [0.29, 0.717) is 22.9 Å². The molecule has 1 N–H and O–H groups in total. The molecule has 0 spiro atoms. The number of hydrogen-bond acceptors (Lipinski definition) is 3. The summed E-state index contributed by atoms with van der Waals surface area (Å²) >= 11 is 8.12. The van der Waals surface area contributed by atoms with E-state index in [-0.39, 0.29) is 5.91 Å². The summed E-state index contributed by atoms with van der Waals surface area (Å²) in [5, 5.41) is 5.62. The summed E-state index contributed by atoms with van der Waals surface area (Å²) in [4.78, 5) is 13.2. The zero-order valence-electron chi connectivity index (χ0n) is 23.1. The fourth-order valence-corrected chi connectivity index (χ4v) is 5.62. The largest absolute Gasteiger partial charge is 0.491 e. The smallest absolute Gasteiger partial charge is 0.259 e. The third-order valence-corrected chi connectivity index (χ3v) is 8.02. The van der Waals surface area contributed by atoms with Crippen molar-refractivity contribution < 1.29 is 14.1 Å². The van der Waals surface area contributed by atoms with Gasteiger partial charge in [0, 0.05) is 18.2 Å². The average Bonchev–Trinajstić information content (AvgIpc) is 3.31. The predicted molar refractivity (Wildman–Crippen MR) is 161 cm³/mol. The second kappa shape index (κ2) is 17.3. The minimum absolute atomic E-state index is 0.214. The fourth-order valence-electron chi connectivity index (χ4n) is 4.61. The summed E-state index contributed by atoms with van der Waals surface area (Å²) in [6.45, 7) is 5.70. The van der Waals surface area contributed by atoms with Crippen LogP contribution in [0.3, 0.4) is 0 Å². The minimum Gasteiger partial charge on any atom is -0.491 e. The third-order valence-electron chi connectivity index (χ3n) is 6.87. The number of carbonyl (C=O) groups is 1. The number of nitrogens with one attached hydrogen (secondary N) is 1. The molecule has 0 radical (unpaired) electrons. The van der Waals surface area contributed by atoms with Crippen LogP contribution in [0.2, 0.25) is 5.02 Å². The maximum absolute atomic E-state index is 13.2. The Bertz CT molecular complexity index is 1110. The molecule has 3 rings (SSSR count). The summed E-state index contributed by atoms with van der Waals surface area (Å²) in [5.74, 6) is 0.254. The number of thiazole rings is 1. The number of anilines is 1. The Morgan fingerprint density at radius 2 is 1.58 bits per heavy atom. The molecule has 38 heavy (non-hydrogen) atoms. The van der Waals surface area contributed by atoms with Crippen molar-refractivity contribution in [1.29, 1.82) is 0 Å². The van der Waals surface area contributed by atoms with E-state index in [4.69, 9.17) is 16.3 Å². The monoisotopic (exact) mass is 555 g/mol. The highest BCUT2D eigenvalue weighted by molar-refractivity contribution is 7.07. The lowest BCUT2D eigenvalue weighted by atomic mass is 10.1. The molecule has 1 amide bonds. The Labute approximate surface area is 238 Å².